The summed E-state index contributed by atoms with van der Waals surface area (Å²) in [6, 6.07) is 3.23. The first-order valence-corrected chi connectivity index (χ1v) is 5.27. The van der Waals surface area contributed by atoms with Gasteiger partial charge >= 0.3 is 0 Å². The molecule has 1 rings (SSSR count). The number of ether oxygens (including phenoxy) is 1. The Kier molecular flexibility index (Phi) is 3.74. The standard InChI is InChI=1S/C10H11IO3/c1-6(2)14-8-4-3-7(5-12)9(11)10(8)13/h3-6,13H,1-2H3. The van der Waals surface area contributed by atoms with Crippen molar-refractivity contribution in [1.29, 1.82) is 0 Å². The second-order valence-electron chi connectivity index (χ2n) is 3.10. The SMILES string of the molecule is CC(C)Oc1ccc(C=O)c(I)c1O. The maximum atomic E-state index is 10.6. The van der Waals surface area contributed by atoms with Gasteiger partial charge in [-0.2, -0.15) is 0 Å². The van der Waals surface area contributed by atoms with Gasteiger partial charge in [-0.25, -0.2) is 0 Å². The lowest BCUT2D eigenvalue weighted by Gasteiger charge is -2.12. The van der Waals surface area contributed by atoms with Gasteiger partial charge < -0.3 is 9.84 Å². The molecule has 76 valence electrons. The lowest BCUT2D eigenvalue weighted by Crippen LogP contribution is -2.06. The number of carbonyl (C=O) groups is 1. The second-order valence-corrected chi connectivity index (χ2v) is 4.18. The van der Waals surface area contributed by atoms with Crippen molar-refractivity contribution in [2.75, 3.05) is 0 Å². The van der Waals surface area contributed by atoms with Gasteiger partial charge in [0.15, 0.2) is 17.8 Å². The van der Waals surface area contributed by atoms with Gasteiger partial charge in [-0.05, 0) is 48.6 Å². The number of hydrogen-bond donors (Lipinski definition) is 1. The van der Waals surface area contributed by atoms with Crippen molar-refractivity contribution in [3.8, 4) is 11.5 Å². The van der Waals surface area contributed by atoms with Crippen LogP contribution in [0.1, 0.15) is 24.2 Å². The van der Waals surface area contributed by atoms with E-state index in [0.29, 0.717) is 21.2 Å². The molecule has 0 amide bonds. The first kappa shape index (κ1) is 11.3. The van der Waals surface area contributed by atoms with Crippen molar-refractivity contribution in [1.82, 2.24) is 0 Å². The Balaban J connectivity index is 3.10. The molecule has 0 saturated heterocycles. The predicted octanol–water partition coefficient (Wildman–Crippen LogP) is 2.60. The summed E-state index contributed by atoms with van der Waals surface area (Å²) in [6.07, 6.45) is 0.708. The molecule has 0 aliphatic heterocycles. The van der Waals surface area contributed by atoms with E-state index in [1.165, 1.54) is 0 Å². The lowest BCUT2D eigenvalue weighted by atomic mass is 10.2. The highest BCUT2D eigenvalue weighted by molar-refractivity contribution is 14.1. The lowest BCUT2D eigenvalue weighted by molar-refractivity contribution is 0.112. The van der Waals surface area contributed by atoms with Gasteiger partial charge in [-0.15, -0.1) is 0 Å². The highest BCUT2D eigenvalue weighted by atomic mass is 127. The van der Waals surface area contributed by atoms with E-state index in [4.69, 9.17) is 4.74 Å². The van der Waals surface area contributed by atoms with E-state index in [-0.39, 0.29) is 11.9 Å². The van der Waals surface area contributed by atoms with Crippen LogP contribution in [-0.4, -0.2) is 17.5 Å². The van der Waals surface area contributed by atoms with Gasteiger partial charge in [0.25, 0.3) is 0 Å². The number of hydrogen-bond acceptors (Lipinski definition) is 3. The molecule has 0 radical (unpaired) electrons. The number of aromatic hydroxyl groups is 1. The number of phenols is 1. The van der Waals surface area contributed by atoms with E-state index in [1.54, 1.807) is 12.1 Å². The van der Waals surface area contributed by atoms with Crippen LogP contribution in [0.25, 0.3) is 0 Å². The van der Waals surface area contributed by atoms with Crippen LogP contribution in [0.5, 0.6) is 11.5 Å². The molecular weight excluding hydrogens is 295 g/mol. The smallest absolute Gasteiger partial charge is 0.172 e. The van der Waals surface area contributed by atoms with Crippen LogP contribution in [-0.2, 0) is 0 Å². The van der Waals surface area contributed by atoms with Gasteiger partial charge in [0.2, 0.25) is 0 Å². The van der Waals surface area contributed by atoms with E-state index >= 15 is 0 Å². The fourth-order valence-corrected chi connectivity index (χ4v) is 1.58. The molecule has 1 aromatic rings. The predicted molar refractivity (Wildman–Crippen MR) is 62.0 cm³/mol. The van der Waals surface area contributed by atoms with Crippen LogP contribution in [0.4, 0.5) is 0 Å². The van der Waals surface area contributed by atoms with E-state index in [0.717, 1.165) is 0 Å². The summed E-state index contributed by atoms with van der Waals surface area (Å²) >= 11 is 1.92. The highest BCUT2D eigenvalue weighted by Crippen LogP contribution is 2.33. The fourth-order valence-electron chi connectivity index (χ4n) is 1.00. The molecule has 0 aliphatic rings. The Bertz CT molecular complexity index is 347. The van der Waals surface area contributed by atoms with Gasteiger partial charge in [0.05, 0.1) is 9.67 Å². The van der Waals surface area contributed by atoms with Crippen molar-refractivity contribution >= 4 is 28.9 Å². The van der Waals surface area contributed by atoms with Crippen LogP contribution >= 0.6 is 22.6 Å². The van der Waals surface area contributed by atoms with Crippen LogP contribution in [0, 0.1) is 3.57 Å². The van der Waals surface area contributed by atoms with Crippen LogP contribution in [0.3, 0.4) is 0 Å². The van der Waals surface area contributed by atoms with Crippen molar-refractivity contribution in [3.63, 3.8) is 0 Å². The average molecular weight is 306 g/mol. The number of carbonyl (C=O) groups excluding carboxylic acids is 1. The summed E-state index contributed by atoms with van der Waals surface area (Å²) in [5, 5.41) is 9.67. The van der Waals surface area contributed by atoms with Crippen LogP contribution < -0.4 is 4.74 Å². The second kappa shape index (κ2) is 4.63. The maximum absolute atomic E-state index is 10.6. The maximum Gasteiger partial charge on any atom is 0.172 e. The minimum Gasteiger partial charge on any atom is -0.504 e. The van der Waals surface area contributed by atoms with Gasteiger partial charge in [-0.1, -0.05) is 0 Å². The Labute approximate surface area is 96.2 Å². The van der Waals surface area contributed by atoms with E-state index in [2.05, 4.69) is 0 Å². The molecule has 0 heterocycles. The molecule has 1 N–H and O–H groups in total. The molecular formula is C10H11IO3. The molecule has 0 fully saturated rings. The number of benzene rings is 1. The summed E-state index contributed by atoms with van der Waals surface area (Å²) in [7, 11) is 0. The van der Waals surface area contributed by atoms with E-state index < -0.39 is 0 Å². The summed E-state index contributed by atoms with van der Waals surface area (Å²) in [5.41, 5.74) is 0.471. The third-order valence-corrected chi connectivity index (χ3v) is 2.73. The fraction of sp³-hybridized carbons (Fsp3) is 0.300. The summed E-state index contributed by atoms with van der Waals surface area (Å²) in [4.78, 5) is 10.6. The zero-order valence-electron chi connectivity index (χ0n) is 7.95. The number of rotatable bonds is 3. The van der Waals surface area contributed by atoms with Gasteiger partial charge in [0, 0.05) is 5.56 Å². The minimum absolute atomic E-state index is 0.00113. The zero-order chi connectivity index (χ0) is 10.7. The Morgan fingerprint density at radius 3 is 2.64 bits per heavy atom. The summed E-state index contributed by atoms with van der Waals surface area (Å²) < 4.78 is 5.88. The largest absolute Gasteiger partial charge is 0.504 e. The van der Waals surface area contributed by atoms with Crippen molar-refractivity contribution in [2.24, 2.45) is 0 Å². The third kappa shape index (κ3) is 2.37. The molecule has 1 aromatic carbocycles. The molecule has 0 bridgehead atoms. The monoisotopic (exact) mass is 306 g/mol. The first-order chi connectivity index (χ1) is 6.56. The minimum atomic E-state index is -0.00113. The quantitative estimate of drug-likeness (QED) is 0.690. The normalized spacial score (nSPS) is 10.3. The van der Waals surface area contributed by atoms with E-state index in [9.17, 15) is 9.90 Å². The first-order valence-electron chi connectivity index (χ1n) is 4.19. The van der Waals surface area contributed by atoms with Crippen molar-refractivity contribution in [3.05, 3.63) is 21.3 Å². The van der Waals surface area contributed by atoms with Crippen molar-refractivity contribution < 1.29 is 14.6 Å². The number of aldehydes is 1. The zero-order valence-corrected chi connectivity index (χ0v) is 10.1. The average Bonchev–Trinajstić information content (AvgIpc) is 2.13. The molecule has 0 aliphatic carbocycles. The van der Waals surface area contributed by atoms with Crippen LogP contribution in [0.2, 0.25) is 0 Å². The van der Waals surface area contributed by atoms with Gasteiger partial charge in [-0.3, -0.25) is 4.79 Å². The molecule has 0 atom stereocenters. The summed E-state index contributed by atoms with van der Waals surface area (Å²) in [6.45, 7) is 3.75. The molecule has 14 heavy (non-hydrogen) atoms. The Morgan fingerprint density at radius 2 is 2.14 bits per heavy atom. The van der Waals surface area contributed by atoms with Gasteiger partial charge in [0.1, 0.15) is 0 Å². The molecule has 0 aromatic heterocycles. The van der Waals surface area contributed by atoms with E-state index in [1.807, 2.05) is 36.4 Å². The third-order valence-electron chi connectivity index (χ3n) is 1.60. The number of halogens is 1. The summed E-state index contributed by atoms with van der Waals surface area (Å²) in [5.74, 6) is 0.443. The number of phenolic OH excluding ortho intramolecular Hbond substituents is 1. The highest BCUT2D eigenvalue weighted by Gasteiger charge is 2.11. The molecule has 3 nitrogen and oxygen atoms in total. The topological polar surface area (TPSA) is 46.5 Å². The molecule has 0 unspecified atom stereocenters. The molecule has 0 saturated carbocycles. The van der Waals surface area contributed by atoms with Crippen LogP contribution in [0.15, 0.2) is 12.1 Å². The Hall–Kier alpha value is -0.780. The van der Waals surface area contributed by atoms with Crippen molar-refractivity contribution in [2.45, 2.75) is 20.0 Å². The molecule has 4 heteroatoms. The molecule has 0 spiro atoms. The Morgan fingerprint density at radius 1 is 1.50 bits per heavy atom.